The lowest BCUT2D eigenvalue weighted by Crippen LogP contribution is -2.59. The summed E-state index contributed by atoms with van der Waals surface area (Å²) in [5, 5.41) is 22.6. The number of carbonyl (C=O) groups excluding carboxylic acids is 5. The van der Waals surface area contributed by atoms with E-state index >= 15 is 0 Å². The minimum atomic E-state index is -1.23. The summed E-state index contributed by atoms with van der Waals surface area (Å²) in [6.45, 7) is 7.18. The quantitative estimate of drug-likeness (QED) is 0.141. The third kappa shape index (κ3) is 12.7. The molecule has 0 aromatic heterocycles. The Balaban J connectivity index is 1.92. The van der Waals surface area contributed by atoms with Crippen LogP contribution in [-0.4, -0.2) is 127 Å². The molecule has 0 aliphatic heterocycles. The van der Waals surface area contributed by atoms with Crippen LogP contribution in [0.1, 0.15) is 50.8 Å². The number of rotatable bonds is 20. The fraction of sp³-hybridized carbons (Fsp3) is 0.477. The summed E-state index contributed by atoms with van der Waals surface area (Å²) < 4.78 is 16.3. The highest BCUT2D eigenvalue weighted by molar-refractivity contribution is 5.95. The Kier molecular flexibility index (Phi) is 17.5. The number of nitrogens with zero attached hydrogens (tertiary/aromatic N) is 3. The van der Waals surface area contributed by atoms with E-state index in [2.05, 4.69) is 5.32 Å². The van der Waals surface area contributed by atoms with Gasteiger partial charge >= 0.3 is 11.9 Å². The zero-order valence-electron chi connectivity index (χ0n) is 35.3. The summed E-state index contributed by atoms with van der Waals surface area (Å²) in [6, 6.07) is 15.6. The second-order valence-electron chi connectivity index (χ2n) is 15.2. The number of esters is 2. The lowest BCUT2D eigenvalue weighted by atomic mass is 9.96. The molecule has 0 saturated heterocycles. The molecule has 6 atom stereocenters. The number of phenolic OH excluding ortho intramolecular Hbond substituents is 2. The van der Waals surface area contributed by atoms with Crippen LogP contribution in [0.5, 0.6) is 17.2 Å². The van der Waals surface area contributed by atoms with E-state index in [1.807, 2.05) is 19.1 Å². The van der Waals surface area contributed by atoms with Crippen LogP contribution >= 0.6 is 0 Å². The van der Waals surface area contributed by atoms with Gasteiger partial charge in [0.25, 0.3) is 5.91 Å². The molecule has 3 aromatic carbocycles. The number of methoxy groups -OCH3 is 2. The van der Waals surface area contributed by atoms with Crippen LogP contribution in [0.2, 0.25) is 0 Å². The highest BCUT2D eigenvalue weighted by Crippen LogP contribution is 2.22. The zero-order valence-corrected chi connectivity index (χ0v) is 35.3. The minimum Gasteiger partial charge on any atom is -0.508 e. The Labute approximate surface area is 342 Å². The number of amides is 3. The van der Waals surface area contributed by atoms with Crippen molar-refractivity contribution in [3.05, 3.63) is 89.5 Å². The van der Waals surface area contributed by atoms with E-state index in [4.69, 9.17) is 14.2 Å². The first kappa shape index (κ1) is 46.8. The van der Waals surface area contributed by atoms with Gasteiger partial charge in [-0.2, -0.15) is 0 Å². The van der Waals surface area contributed by atoms with Gasteiger partial charge in [-0.15, -0.1) is 0 Å². The predicted octanol–water partition coefficient (Wildman–Crippen LogP) is 3.99. The average Bonchev–Trinajstić information content (AvgIpc) is 3.21. The van der Waals surface area contributed by atoms with Gasteiger partial charge in [-0.3, -0.25) is 24.1 Å². The first-order valence-corrected chi connectivity index (χ1v) is 19.4. The summed E-state index contributed by atoms with van der Waals surface area (Å²) in [5.74, 6) is -3.22. The molecule has 316 valence electrons. The Hall–Kier alpha value is -5.63. The highest BCUT2D eigenvalue weighted by atomic mass is 16.6. The molecule has 0 heterocycles. The average molecular weight is 805 g/mol. The fourth-order valence-corrected chi connectivity index (χ4v) is 6.43. The largest absolute Gasteiger partial charge is 0.508 e. The van der Waals surface area contributed by atoms with Crippen molar-refractivity contribution >= 4 is 29.7 Å². The summed E-state index contributed by atoms with van der Waals surface area (Å²) in [7, 11) is 9.21. The Bertz CT molecular complexity index is 1820. The maximum Gasteiger partial charge on any atom is 0.328 e. The fourth-order valence-electron chi connectivity index (χ4n) is 6.43. The molecule has 0 aliphatic carbocycles. The standard InChI is InChI=1S/C44H60N4O10/c1-11-28(4)39(58-44(55)36(46(5)6)25-31-16-22-34(56-9)23-17-31)40(51)45-38(27(2)3)42(53)47(7)35(24-29-12-18-32(49)19-13-29)41(52)48(8)37(43(54)57-10)26-30-14-20-33(50)21-15-30/h12-23,27-28,35-39,49-50H,11,24-26H2,1-10H3,(H,45,51)/t28-,35-,36+,37?,38-,39?/m1/s1. The molecule has 0 fully saturated rings. The number of carbonyl (C=O) groups is 5. The molecule has 0 saturated carbocycles. The number of hydrogen-bond donors (Lipinski definition) is 3. The van der Waals surface area contributed by atoms with Gasteiger partial charge in [-0.05, 0) is 85.9 Å². The lowest BCUT2D eigenvalue weighted by Gasteiger charge is -2.36. The third-order valence-corrected chi connectivity index (χ3v) is 10.5. The molecule has 3 N–H and O–H groups in total. The monoisotopic (exact) mass is 804 g/mol. The maximum atomic E-state index is 14.5. The van der Waals surface area contributed by atoms with Crippen molar-refractivity contribution in [3.63, 3.8) is 0 Å². The van der Waals surface area contributed by atoms with Gasteiger partial charge in [-0.1, -0.05) is 64.1 Å². The van der Waals surface area contributed by atoms with E-state index in [-0.39, 0.29) is 24.3 Å². The summed E-state index contributed by atoms with van der Waals surface area (Å²) >= 11 is 0. The first-order valence-electron chi connectivity index (χ1n) is 19.4. The van der Waals surface area contributed by atoms with Gasteiger partial charge in [0.05, 0.1) is 14.2 Å². The van der Waals surface area contributed by atoms with Crippen LogP contribution in [0, 0.1) is 11.8 Å². The molecule has 0 radical (unpaired) electrons. The maximum absolute atomic E-state index is 14.5. The van der Waals surface area contributed by atoms with Crippen molar-refractivity contribution in [2.75, 3.05) is 42.4 Å². The van der Waals surface area contributed by atoms with Gasteiger partial charge < -0.3 is 39.5 Å². The van der Waals surface area contributed by atoms with E-state index < -0.39 is 71.8 Å². The number of likely N-dealkylation sites (N-methyl/N-ethyl adjacent to an activating group) is 3. The molecule has 3 rings (SSSR count). The van der Waals surface area contributed by atoms with Crippen molar-refractivity contribution in [2.45, 2.75) is 83.6 Å². The molecule has 3 aromatic rings. The van der Waals surface area contributed by atoms with E-state index in [1.165, 1.54) is 55.3 Å². The van der Waals surface area contributed by atoms with Crippen LogP contribution in [-0.2, 0) is 52.7 Å². The molecule has 14 nitrogen and oxygen atoms in total. The summed E-state index contributed by atoms with van der Waals surface area (Å²) in [4.78, 5) is 74.2. The zero-order chi connectivity index (χ0) is 43.3. The predicted molar refractivity (Wildman–Crippen MR) is 219 cm³/mol. The summed E-state index contributed by atoms with van der Waals surface area (Å²) in [5.41, 5.74) is 2.15. The minimum absolute atomic E-state index is 0.00475. The smallest absolute Gasteiger partial charge is 0.328 e. The number of nitrogens with one attached hydrogen (secondary N) is 1. The number of phenols is 2. The van der Waals surface area contributed by atoms with Crippen LogP contribution in [0.4, 0.5) is 0 Å². The Morgan fingerprint density at radius 1 is 0.638 bits per heavy atom. The van der Waals surface area contributed by atoms with Gasteiger partial charge in [0.2, 0.25) is 11.8 Å². The van der Waals surface area contributed by atoms with Crippen molar-refractivity contribution in [1.29, 1.82) is 0 Å². The van der Waals surface area contributed by atoms with E-state index in [9.17, 15) is 34.2 Å². The van der Waals surface area contributed by atoms with Crippen molar-refractivity contribution in [1.82, 2.24) is 20.0 Å². The molecule has 0 bridgehead atoms. The second kappa shape index (κ2) is 21.8. The van der Waals surface area contributed by atoms with E-state index in [1.54, 1.807) is 83.3 Å². The molecule has 14 heteroatoms. The molecular weight excluding hydrogens is 745 g/mol. The lowest BCUT2D eigenvalue weighted by molar-refractivity contribution is -0.164. The molecule has 0 spiro atoms. The van der Waals surface area contributed by atoms with Gasteiger partial charge in [0, 0.05) is 32.9 Å². The number of ether oxygens (including phenoxy) is 3. The van der Waals surface area contributed by atoms with Crippen molar-refractivity contribution < 1.29 is 48.4 Å². The van der Waals surface area contributed by atoms with Gasteiger partial charge in [-0.25, -0.2) is 4.79 Å². The normalized spacial score (nSPS) is 14.3. The molecular formula is C44H60N4O10. The van der Waals surface area contributed by atoms with E-state index in [0.29, 0.717) is 29.7 Å². The van der Waals surface area contributed by atoms with E-state index in [0.717, 1.165) is 5.56 Å². The molecule has 0 aliphatic rings. The highest BCUT2D eigenvalue weighted by Gasteiger charge is 2.40. The number of benzene rings is 3. The van der Waals surface area contributed by atoms with Crippen LogP contribution in [0.3, 0.4) is 0 Å². The molecule has 2 unspecified atom stereocenters. The Morgan fingerprint density at radius 3 is 1.52 bits per heavy atom. The van der Waals surface area contributed by atoms with Crippen molar-refractivity contribution in [2.24, 2.45) is 11.8 Å². The first-order chi connectivity index (χ1) is 27.4. The van der Waals surface area contributed by atoms with Crippen LogP contribution in [0.25, 0.3) is 0 Å². The SMILES string of the molecule is CC[C@@H](C)C(OC(=O)[C@H](Cc1ccc(OC)cc1)N(C)C)C(=O)N[C@@H](C(=O)N(C)[C@H](Cc1ccc(O)cc1)C(=O)N(C)C(Cc1ccc(O)cc1)C(=O)OC)C(C)C. The summed E-state index contributed by atoms with van der Waals surface area (Å²) in [6.07, 6.45) is -0.341. The van der Waals surface area contributed by atoms with Crippen molar-refractivity contribution in [3.8, 4) is 17.2 Å². The number of hydrogen-bond acceptors (Lipinski definition) is 11. The van der Waals surface area contributed by atoms with Crippen LogP contribution in [0.15, 0.2) is 72.8 Å². The molecule has 58 heavy (non-hydrogen) atoms. The topological polar surface area (TPSA) is 175 Å². The van der Waals surface area contributed by atoms with Gasteiger partial charge in [0.15, 0.2) is 6.10 Å². The Morgan fingerprint density at radius 2 is 1.09 bits per heavy atom. The number of aromatic hydroxyl groups is 2. The second-order valence-corrected chi connectivity index (χ2v) is 15.2. The van der Waals surface area contributed by atoms with Crippen LogP contribution < -0.4 is 10.1 Å². The molecule has 3 amide bonds. The third-order valence-electron chi connectivity index (χ3n) is 10.5. The van der Waals surface area contributed by atoms with Gasteiger partial charge in [0.1, 0.15) is 41.4 Å².